The van der Waals surface area contributed by atoms with Crippen LogP contribution in [0, 0.1) is 0 Å². The summed E-state index contributed by atoms with van der Waals surface area (Å²) in [6.45, 7) is 0. The summed E-state index contributed by atoms with van der Waals surface area (Å²) >= 11 is 0. The van der Waals surface area contributed by atoms with Crippen LogP contribution in [0.25, 0.3) is 6.08 Å². The van der Waals surface area contributed by atoms with Crippen LogP contribution in [-0.4, -0.2) is 36.0 Å². The standard InChI is InChI=1S/C22H22N2O5/c1-29-22(28)20(15-7-11-18(25)12-8-15)24-19(26)13-4-14-2-5-16(6-3-14)21(27)23-17-9-10-17/h2-8,11-13,17,20,25H,9-10H2,1H3,(H,23,27)(H,24,26). The number of aromatic hydroxyl groups is 1. The summed E-state index contributed by atoms with van der Waals surface area (Å²) < 4.78 is 4.75. The monoisotopic (exact) mass is 394 g/mol. The van der Waals surface area contributed by atoms with Gasteiger partial charge in [-0.1, -0.05) is 24.3 Å². The predicted octanol–water partition coefficient (Wildman–Crippen LogP) is 2.33. The highest BCUT2D eigenvalue weighted by Gasteiger charge is 2.24. The Bertz CT molecular complexity index is 915. The Morgan fingerprint density at radius 3 is 2.31 bits per heavy atom. The number of esters is 1. The average molecular weight is 394 g/mol. The Morgan fingerprint density at radius 2 is 1.72 bits per heavy atom. The molecular weight excluding hydrogens is 372 g/mol. The molecule has 7 nitrogen and oxygen atoms in total. The Balaban J connectivity index is 1.62. The van der Waals surface area contributed by atoms with Crippen LogP contribution < -0.4 is 10.6 Å². The van der Waals surface area contributed by atoms with Crippen LogP contribution >= 0.6 is 0 Å². The van der Waals surface area contributed by atoms with Crippen LogP contribution in [-0.2, 0) is 14.3 Å². The lowest BCUT2D eigenvalue weighted by atomic mass is 10.1. The van der Waals surface area contributed by atoms with Gasteiger partial charge in [0.05, 0.1) is 7.11 Å². The molecular formula is C22H22N2O5. The van der Waals surface area contributed by atoms with E-state index in [0.29, 0.717) is 17.2 Å². The lowest BCUT2D eigenvalue weighted by Crippen LogP contribution is -2.33. The molecule has 1 aliphatic rings. The molecule has 1 fully saturated rings. The SMILES string of the molecule is COC(=O)C(NC(=O)C=Cc1ccc(C(=O)NC2CC2)cc1)c1ccc(O)cc1. The number of phenolic OH excluding ortho intramolecular Hbond substituents is 1. The van der Waals surface area contributed by atoms with E-state index in [4.69, 9.17) is 4.74 Å². The van der Waals surface area contributed by atoms with Gasteiger partial charge in [-0.3, -0.25) is 9.59 Å². The fourth-order valence-corrected chi connectivity index (χ4v) is 2.67. The van der Waals surface area contributed by atoms with Gasteiger partial charge in [0, 0.05) is 17.7 Å². The van der Waals surface area contributed by atoms with Crippen molar-refractivity contribution in [3.05, 3.63) is 71.3 Å². The second-order valence-electron chi connectivity index (χ2n) is 6.76. The second kappa shape index (κ2) is 9.05. The van der Waals surface area contributed by atoms with E-state index in [1.54, 1.807) is 30.3 Å². The minimum Gasteiger partial charge on any atom is -0.508 e. The van der Waals surface area contributed by atoms with E-state index < -0.39 is 17.9 Å². The zero-order valence-corrected chi connectivity index (χ0v) is 15.9. The van der Waals surface area contributed by atoms with Crippen molar-refractivity contribution in [2.75, 3.05) is 7.11 Å². The van der Waals surface area contributed by atoms with Gasteiger partial charge < -0.3 is 20.5 Å². The Labute approximate surface area is 168 Å². The molecule has 0 aliphatic heterocycles. The maximum Gasteiger partial charge on any atom is 0.333 e. The van der Waals surface area contributed by atoms with E-state index in [-0.39, 0.29) is 11.7 Å². The molecule has 29 heavy (non-hydrogen) atoms. The number of benzene rings is 2. The van der Waals surface area contributed by atoms with Gasteiger partial charge in [-0.15, -0.1) is 0 Å². The molecule has 150 valence electrons. The van der Waals surface area contributed by atoms with Gasteiger partial charge in [-0.2, -0.15) is 0 Å². The Kier molecular flexibility index (Phi) is 6.29. The van der Waals surface area contributed by atoms with E-state index in [9.17, 15) is 19.5 Å². The summed E-state index contributed by atoms with van der Waals surface area (Å²) in [6, 6.07) is 12.1. The first-order valence-electron chi connectivity index (χ1n) is 9.22. The zero-order valence-electron chi connectivity index (χ0n) is 15.9. The molecule has 3 N–H and O–H groups in total. The summed E-state index contributed by atoms with van der Waals surface area (Å²) in [6.07, 6.45) is 4.94. The topological polar surface area (TPSA) is 105 Å². The first-order valence-corrected chi connectivity index (χ1v) is 9.22. The molecule has 2 aromatic carbocycles. The van der Waals surface area contributed by atoms with Crippen molar-refractivity contribution < 1.29 is 24.2 Å². The van der Waals surface area contributed by atoms with Gasteiger partial charge in [0.15, 0.2) is 6.04 Å². The van der Waals surface area contributed by atoms with Crippen LogP contribution in [0.5, 0.6) is 5.75 Å². The number of methoxy groups -OCH3 is 1. The van der Waals surface area contributed by atoms with Gasteiger partial charge >= 0.3 is 5.97 Å². The highest BCUT2D eigenvalue weighted by molar-refractivity contribution is 5.96. The van der Waals surface area contributed by atoms with Crippen molar-refractivity contribution in [2.24, 2.45) is 0 Å². The van der Waals surface area contributed by atoms with Crippen LogP contribution in [0.15, 0.2) is 54.6 Å². The van der Waals surface area contributed by atoms with Crippen molar-refractivity contribution in [2.45, 2.75) is 24.9 Å². The number of rotatable bonds is 7. The third-order valence-electron chi connectivity index (χ3n) is 4.46. The quantitative estimate of drug-likeness (QED) is 0.494. The third-order valence-corrected chi connectivity index (χ3v) is 4.46. The number of carbonyl (C=O) groups is 3. The minimum absolute atomic E-state index is 0.0536. The van der Waals surface area contributed by atoms with Gasteiger partial charge in [0.2, 0.25) is 5.91 Å². The van der Waals surface area contributed by atoms with Crippen molar-refractivity contribution in [1.82, 2.24) is 10.6 Å². The third kappa shape index (κ3) is 5.68. The maximum absolute atomic E-state index is 12.3. The number of ether oxygens (including phenoxy) is 1. The van der Waals surface area contributed by atoms with E-state index in [1.807, 2.05) is 0 Å². The molecule has 1 unspecified atom stereocenters. The Hall–Kier alpha value is -3.61. The molecule has 2 aromatic rings. The van der Waals surface area contributed by atoms with Crippen molar-refractivity contribution in [3.8, 4) is 5.75 Å². The number of hydrogen-bond donors (Lipinski definition) is 3. The first kappa shape index (κ1) is 20.1. The van der Waals surface area contributed by atoms with Crippen LogP contribution in [0.1, 0.15) is 40.4 Å². The molecule has 3 rings (SSSR count). The lowest BCUT2D eigenvalue weighted by molar-refractivity contribution is -0.144. The van der Waals surface area contributed by atoms with Gasteiger partial charge in [0.25, 0.3) is 5.91 Å². The maximum atomic E-state index is 12.3. The number of carbonyl (C=O) groups excluding carboxylic acids is 3. The van der Waals surface area contributed by atoms with E-state index in [2.05, 4.69) is 10.6 Å². The van der Waals surface area contributed by atoms with Crippen molar-refractivity contribution in [1.29, 1.82) is 0 Å². The molecule has 0 spiro atoms. The van der Waals surface area contributed by atoms with E-state index in [0.717, 1.165) is 18.4 Å². The molecule has 0 radical (unpaired) electrons. The van der Waals surface area contributed by atoms with Crippen molar-refractivity contribution in [3.63, 3.8) is 0 Å². The fourth-order valence-electron chi connectivity index (χ4n) is 2.67. The molecule has 0 aromatic heterocycles. The van der Waals surface area contributed by atoms with Crippen LogP contribution in [0.2, 0.25) is 0 Å². The summed E-state index contributed by atoms with van der Waals surface area (Å²) in [4.78, 5) is 36.3. The molecule has 0 heterocycles. The highest BCUT2D eigenvalue weighted by Crippen LogP contribution is 2.20. The second-order valence-corrected chi connectivity index (χ2v) is 6.76. The van der Waals surface area contributed by atoms with E-state index in [1.165, 1.54) is 37.5 Å². The average Bonchev–Trinajstić information content (AvgIpc) is 3.55. The minimum atomic E-state index is -0.994. The number of hydrogen-bond acceptors (Lipinski definition) is 5. The van der Waals surface area contributed by atoms with E-state index >= 15 is 0 Å². The molecule has 0 bridgehead atoms. The highest BCUT2D eigenvalue weighted by atomic mass is 16.5. The van der Waals surface area contributed by atoms with Crippen LogP contribution in [0.3, 0.4) is 0 Å². The molecule has 1 aliphatic carbocycles. The summed E-state index contributed by atoms with van der Waals surface area (Å²) in [5.41, 5.74) is 1.79. The molecule has 1 atom stereocenters. The zero-order chi connectivity index (χ0) is 20.8. The van der Waals surface area contributed by atoms with Crippen molar-refractivity contribution >= 4 is 23.9 Å². The fraction of sp³-hybridized carbons (Fsp3) is 0.227. The number of phenols is 1. The lowest BCUT2D eigenvalue weighted by Gasteiger charge is -2.16. The molecule has 0 saturated heterocycles. The Morgan fingerprint density at radius 1 is 1.07 bits per heavy atom. The number of nitrogens with one attached hydrogen (secondary N) is 2. The largest absolute Gasteiger partial charge is 0.508 e. The first-order chi connectivity index (χ1) is 14.0. The van der Waals surface area contributed by atoms with Gasteiger partial charge in [0.1, 0.15) is 5.75 Å². The molecule has 2 amide bonds. The number of amides is 2. The summed E-state index contributed by atoms with van der Waals surface area (Å²) in [5.74, 6) is -1.15. The van der Waals surface area contributed by atoms with Crippen LogP contribution in [0.4, 0.5) is 0 Å². The normalized spacial score (nSPS) is 14.2. The van der Waals surface area contributed by atoms with Gasteiger partial charge in [-0.05, 0) is 54.3 Å². The smallest absolute Gasteiger partial charge is 0.333 e. The van der Waals surface area contributed by atoms with Gasteiger partial charge in [-0.25, -0.2) is 4.79 Å². The molecule has 1 saturated carbocycles. The summed E-state index contributed by atoms with van der Waals surface area (Å²) in [5, 5.41) is 14.9. The molecule has 7 heteroatoms. The summed E-state index contributed by atoms with van der Waals surface area (Å²) in [7, 11) is 1.23. The predicted molar refractivity (Wildman–Crippen MR) is 107 cm³/mol.